The smallest absolute Gasteiger partial charge is 0.309 e. The average Bonchev–Trinajstić information content (AvgIpc) is 3.31. The molecule has 3 heteroatoms. The summed E-state index contributed by atoms with van der Waals surface area (Å²) in [5.41, 5.74) is 1.05. The van der Waals surface area contributed by atoms with Gasteiger partial charge < -0.3 is 9.84 Å². The number of ether oxygens (including phenoxy) is 1. The minimum absolute atomic E-state index is 0.183. The van der Waals surface area contributed by atoms with Crippen LogP contribution in [0.15, 0.2) is 12.2 Å². The number of hydrogen-bond donors (Lipinski definition) is 1. The van der Waals surface area contributed by atoms with Gasteiger partial charge in [-0.05, 0) is 68.6 Å². The first-order valence-corrected chi connectivity index (χ1v) is 9.40. The van der Waals surface area contributed by atoms with Gasteiger partial charge in [0.15, 0.2) is 0 Å². The van der Waals surface area contributed by atoms with Gasteiger partial charge in [-0.2, -0.15) is 0 Å². The zero-order valence-electron chi connectivity index (χ0n) is 14.5. The number of hydrogen-bond acceptors (Lipinski definition) is 2. The first-order chi connectivity index (χ1) is 10.9. The predicted octanol–water partition coefficient (Wildman–Crippen LogP) is 4.27. The lowest BCUT2D eigenvalue weighted by atomic mass is 9.43. The molecule has 23 heavy (non-hydrogen) atoms. The first kappa shape index (κ1) is 15.7. The molecule has 4 aliphatic rings. The summed E-state index contributed by atoms with van der Waals surface area (Å²) in [5, 5.41) is 9.91. The van der Waals surface area contributed by atoms with Crippen molar-refractivity contribution in [1.82, 2.24) is 0 Å². The highest BCUT2D eigenvalue weighted by Crippen LogP contribution is 2.65. The third kappa shape index (κ3) is 2.15. The normalized spacial score (nSPS) is 52.4. The molecule has 1 saturated heterocycles. The maximum atomic E-state index is 12.0. The van der Waals surface area contributed by atoms with Crippen LogP contribution in [0.25, 0.3) is 0 Å². The van der Waals surface area contributed by atoms with E-state index in [0.717, 1.165) is 38.7 Å². The molecule has 7 atom stereocenters. The highest BCUT2D eigenvalue weighted by Gasteiger charge is 2.61. The third-order valence-electron chi connectivity index (χ3n) is 8.09. The molecule has 3 nitrogen and oxygen atoms in total. The molecule has 0 unspecified atom stereocenters. The molecule has 0 amide bonds. The molecule has 4 rings (SSSR count). The van der Waals surface area contributed by atoms with Crippen molar-refractivity contribution < 1.29 is 14.6 Å². The largest absolute Gasteiger partial charge is 0.481 e. The maximum absolute atomic E-state index is 12.0. The fraction of sp³-hybridized carbons (Fsp3) is 0.850. The fourth-order valence-electron chi connectivity index (χ4n) is 6.90. The Bertz CT molecular complexity index is 537. The standard InChI is InChI=1S/C20H30O3/c1-12-5-7-14-13(17(12)15-11-23-15)6-8-16-19(14,2)9-4-10-20(16,3)18(21)22/h13-17H,1,4-11H2,2-3H3,(H,21,22)/t13-,14-,15-,16-,17-,19-,20+/m1/s1. The van der Waals surface area contributed by atoms with E-state index in [1.807, 2.05) is 6.92 Å². The Morgan fingerprint density at radius 2 is 2.00 bits per heavy atom. The summed E-state index contributed by atoms with van der Waals surface area (Å²) < 4.78 is 5.66. The van der Waals surface area contributed by atoms with Gasteiger partial charge in [-0.3, -0.25) is 4.79 Å². The third-order valence-corrected chi connectivity index (χ3v) is 8.09. The van der Waals surface area contributed by atoms with E-state index in [4.69, 9.17) is 4.74 Å². The van der Waals surface area contributed by atoms with Crippen molar-refractivity contribution in [2.24, 2.45) is 34.5 Å². The fourth-order valence-corrected chi connectivity index (χ4v) is 6.90. The molecule has 0 aromatic heterocycles. The number of carboxylic acid groups (broad SMARTS) is 1. The predicted molar refractivity (Wildman–Crippen MR) is 89.0 cm³/mol. The van der Waals surface area contributed by atoms with Crippen molar-refractivity contribution in [3.8, 4) is 0 Å². The van der Waals surface area contributed by atoms with E-state index in [1.165, 1.54) is 18.4 Å². The number of carboxylic acids is 1. The summed E-state index contributed by atoms with van der Waals surface area (Å²) in [7, 11) is 0. The van der Waals surface area contributed by atoms with Crippen LogP contribution in [0.1, 0.15) is 58.8 Å². The van der Waals surface area contributed by atoms with E-state index in [9.17, 15) is 9.90 Å². The molecule has 0 aromatic rings. The summed E-state index contributed by atoms with van der Waals surface area (Å²) in [6, 6.07) is 0. The Morgan fingerprint density at radius 1 is 1.26 bits per heavy atom. The summed E-state index contributed by atoms with van der Waals surface area (Å²) in [4.78, 5) is 12.0. The van der Waals surface area contributed by atoms with Gasteiger partial charge >= 0.3 is 5.97 Å². The highest BCUT2D eigenvalue weighted by atomic mass is 16.6. The average molecular weight is 318 g/mol. The second kappa shape index (κ2) is 5.08. The molecule has 3 aliphatic carbocycles. The number of fused-ring (bicyclic) bond motifs is 3. The van der Waals surface area contributed by atoms with E-state index in [2.05, 4.69) is 13.5 Å². The van der Waals surface area contributed by atoms with E-state index in [1.54, 1.807) is 0 Å². The molecule has 0 aromatic carbocycles. The zero-order valence-corrected chi connectivity index (χ0v) is 14.5. The van der Waals surface area contributed by atoms with Crippen LogP contribution in [0.2, 0.25) is 0 Å². The van der Waals surface area contributed by atoms with Crippen LogP contribution >= 0.6 is 0 Å². The van der Waals surface area contributed by atoms with Crippen LogP contribution in [0.4, 0.5) is 0 Å². The Labute approximate surface area is 139 Å². The summed E-state index contributed by atoms with van der Waals surface area (Å²) >= 11 is 0. The Balaban J connectivity index is 1.68. The lowest BCUT2D eigenvalue weighted by Crippen LogP contribution is -2.57. The van der Waals surface area contributed by atoms with Gasteiger partial charge in [0.25, 0.3) is 0 Å². The van der Waals surface area contributed by atoms with Crippen LogP contribution in [-0.4, -0.2) is 23.8 Å². The molecule has 0 radical (unpaired) electrons. The second-order valence-corrected chi connectivity index (χ2v) is 9.08. The topological polar surface area (TPSA) is 49.8 Å². The van der Waals surface area contributed by atoms with Crippen LogP contribution in [-0.2, 0) is 9.53 Å². The molecular formula is C20H30O3. The Morgan fingerprint density at radius 3 is 2.65 bits per heavy atom. The van der Waals surface area contributed by atoms with Crippen LogP contribution in [0.5, 0.6) is 0 Å². The highest BCUT2D eigenvalue weighted by molar-refractivity contribution is 5.75. The number of epoxide rings is 1. The van der Waals surface area contributed by atoms with Gasteiger partial charge in [-0.1, -0.05) is 25.5 Å². The molecule has 3 saturated carbocycles. The van der Waals surface area contributed by atoms with Crippen molar-refractivity contribution in [3.63, 3.8) is 0 Å². The number of carbonyl (C=O) groups is 1. The maximum Gasteiger partial charge on any atom is 0.309 e. The number of rotatable bonds is 2. The van der Waals surface area contributed by atoms with Crippen molar-refractivity contribution >= 4 is 5.97 Å². The molecule has 0 spiro atoms. The SMILES string of the molecule is C=C1CC[C@@H]2[C@@H](CC[C@@H]3[C@]2(C)CCC[C@]3(C)C(=O)O)[C@@H]1[C@H]1CO1. The van der Waals surface area contributed by atoms with Crippen molar-refractivity contribution in [1.29, 1.82) is 0 Å². The van der Waals surface area contributed by atoms with Gasteiger partial charge in [0.2, 0.25) is 0 Å². The first-order valence-electron chi connectivity index (χ1n) is 9.40. The van der Waals surface area contributed by atoms with E-state index in [0.29, 0.717) is 29.8 Å². The summed E-state index contributed by atoms with van der Waals surface area (Å²) in [6.45, 7) is 9.69. The Hall–Kier alpha value is -0.830. The van der Waals surface area contributed by atoms with Crippen LogP contribution < -0.4 is 0 Å². The molecule has 1 heterocycles. The molecule has 1 aliphatic heterocycles. The van der Waals surface area contributed by atoms with Crippen molar-refractivity contribution in [2.75, 3.05) is 6.61 Å². The van der Waals surface area contributed by atoms with E-state index >= 15 is 0 Å². The minimum atomic E-state index is -0.575. The second-order valence-electron chi connectivity index (χ2n) is 9.08. The minimum Gasteiger partial charge on any atom is -0.481 e. The van der Waals surface area contributed by atoms with Gasteiger partial charge in [0.05, 0.1) is 18.1 Å². The molecular weight excluding hydrogens is 288 g/mol. The Kier molecular flexibility index (Phi) is 3.46. The molecule has 128 valence electrons. The van der Waals surface area contributed by atoms with Gasteiger partial charge in [-0.15, -0.1) is 0 Å². The van der Waals surface area contributed by atoms with Gasteiger partial charge in [0.1, 0.15) is 0 Å². The lowest BCUT2D eigenvalue weighted by Gasteiger charge is -2.61. The zero-order chi connectivity index (χ0) is 16.4. The van der Waals surface area contributed by atoms with Gasteiger partial charge in [0, 0.05) is 5.92 Å². The quantitative estimate of drug-likeness (QED) is 0.611. The molecule has 0 bridgehead atoms. The lowest BCUT2D eigenvalue weighted by molar-refractivity contribution is -0.173. The molecule has 4 fully saturated rings. The van der Waals surface area contributed by atoms with Crippen molar-refractivity contribution in [2.45, 2.75) is 64.9 Å². The van der Waals surface area contributed by atoms with Crippen molar-refractivity contribution in [3.05, 3.63) is 12.2 Å². The van der Waals surface area contributed by atoms with Crippen LogP contribution in [0, 0.1) is 34.5 Å². The van der Waals surface area contributed by atoms with E-state index in [-0.39, 0.29) is 5.41 Å². The van der Waals surface area contributed by atoms with E-state index < -0.39 is 11.4 Å². The summed E-state index contributed by atoms with van der Waals surface area (Å²) in [6.07, 6.45) is 8.06. The van der Waals surface area contributed by atoms with Crippen LogP contribution in [0.3, 0.4) is 0 Å². The monoisotopic (exact) mass is 318 g/mol. The summed E-state index contributed by atoms with van der Waals surface area (Å²) in [5.74, 6) is 1.61. The van der Waals surface area contributed by atoms with Gasteiger partial charge in [-0.25, -0.2) is 0 Å². The molecule has 1 N–H and O–H groups in total. The number of aliphatic carboxylic acids is 1.